The summed E-state index contributed by atoms with van der Waals surface area (Å²) in [6.07, 6.45) is -1.67. The van der Waals surface area contributed by atoms with E-state index in [1.54, 1.807) is 18.3 Å². The molecule has 32 heavy (non-hydrogen) atoms. The highest BCUT2D eigenvalue weighted by molar-refractivity contribution is 5.79. The molecule has 1 amide bonds. The second-order valence-electron chi connectivity index (χ2n) is 9.82. The molecule has 2 aromatic heterocycles. The van der Waals surface area contributed by atoms with Crippen LogP contribution in [0, 0.1) is 23.2 Å². The molecule has 3 aliphatic rings. The summed E-state index contributed by atoms with van der Waals surface area (Å²) in [6.45, 7) is -0.395. The standard InChI is InChI=1S/C21H24F5N5O/c22-20(23)9-19(10-20)5-12(6-19)17(27)15-8-31-16(29-15)2-1-14(30-31)4-11-3-13(21(24,25)26)7-28-18(11)32/h1-2,8,11-13,17H,3-7,9-10,27H2,(H,28,32)/t11-,13+,17-/m0/s1. The van der Waals surface area contributed by atoms with Gasteiger partial charge < -0.3 is 11.1 Å². The number of alkyl halides is 5. The topological polar surface area (TPSA) is 85.3 Å². The van der Waals surface area contributed by atoms with Gasteiger partial charge in [0, 0.05) is 31.7 Å². The first kappa shape index (κ1) is 21.5. The van der Waals surface area contributed by atoms with Crippen LogP contribution in [-0.2, 0) is 11.2 Å². The van der Waals surface area contributed by atoms with Crippen LogP contribution >= 0.6 is 0 Å². The van der Waals surface area contributed by atoms with Crippen LogP contribution in [0.3, 0.4) is 0 Å². The maximum Gasteiger partial charge on any atom is 0.393 e. The third-order valence-electron chi connectivity index (χ3n) is 7.28. The molecule has 0 bridgehead atoms. The number of nitrogens with two attached hydrogens (primary N) is 1. The Morgan fingerprint density at radius 3 is 2.62 bits per heavy atom. The van der Waals surface area contributed by atoms with E-state index in [2.05, 4.69) is 15.4 Å². The van der Waals surface area contributed by atoms with Gasteiger partial charge in [0.15, 0.2) is 5.65 Å². The summed E-state index contributed by atoms with van der Waals surface area (Å²) in [5.74, 6) is -5.24. The van der Waals surface area contributed by atoms with Crippen molar-refractivity contribution < 1.29 is 26.7 Å². The van der Waals surface area contributed by atoms with Gasteiger partial charge in [-0.15, -0.1) is 0 Å². The van der Waals surface area contributed by atoms with Crippen molar-refractivity contribution in [3.05, 3.63) is 29.7 Å². The molecule has 0 radical (unpaired) electrons. The summed E-state index contributed by atoms with van der Waals surface area (Å²) >= 11 is 0. The molecule has 6 nitrogen and oxygen atoms in total. The molecule has 2 aliphatic carbocycles. The quantitative estimate of drug-likeness (QED) is 0.690. The first-order valence-corrected chi connectivity index (χ1v) is 10.8. The Bertz CT molecular complexity index is 1030. The average Bonchev–Trinajstić information content (AvgIpc) is 3.07. The fourth-order valence-corrected chi connectivity index (χ4v) is 5.67. The van der Waals surface area contributed by atoms with Crippen LogP contribution in [-0.4, -0.2) is 39.1 Å². The predicted octanol–water partition coefficient (Wildman–Crippen LogP) is 3.41. The maximum absolute atomic E-state index is 13.2. The lowest BCUT2D eigenvalue weighted by atomic mass is 9.49. The summed E-state index contributed by atoms with van der Waals surface area (Å²) in [6, 6.07) is 2.95. The van der Waals surface area contributed by atoms with E-state index >= 15 is 0 Å². The van der Waals surface area contributed by atoms with Gasteiger partial charge in [-0.3, -0.25) is 4.79 Å². The Hall–Kier alpha value is -2.30. The smallest absolute Gasteiger partial charge is 0.355 e. The minimum atomic E-state index is -4.35. The number of amides is 1. The highest BCUT2D eigenvalue weighted by Crippen LogP contribution is 2.66. The van der Waals surface area contributed by atoms with E-state index in [0.717, 1.165) is 0 Å². The van der Waals surface area contributed by atoms with Crippen LogP contribution in [0.5, 0.6) is 0 Å². The summed E-state index contributed by atoms with van der Waals surface area (Å²) in [7, 11) is 0. The van der Waals surface area contributed by atoms with Crippen LogP contribution in [0.4, 0.5) is 22.0 Å². The molecule has 1 aliphatic heterocycles. The van der Waals surface area contributed by atoms with Gasteiger partial charge in [-0.05, 0) is 42.7 Å². The normalized spacial score (nSPS) is 28.2. The Morgan fingerprint density at radius 2 is 1.97 bits per heavy atom. The first-order valence-electron chi connectivity index (χ1n) is 10.8. The second-order valence-corrected chi connectivity index (χ2v) is 9.82. The highest BCUT2D eigenvalue weighted by Gasteiger charge is 2.62. The number of nitrogens with zero attached hydrogens (tertiary/aromatic N) is 3. The molecule has 3 N–H and O–H groups in total. The molecule has 3 heterocycles. The van der Waals surface area contributed by atoms with Crippen molar-refractivity contribution in [3.8, 4) is 0 Å². The van der Waals surface area contributed by atoms with E-state index in [4.69, 9.17) is 5.73 Å². The number of carbonyl (C=O) groups excluding carboxylic acids is 1. The largest absolute Gasteiger partial charge is 0.393 e. The van der Waals surface area contributed by atoms with Gasteiger partial charge >= 0.3 is 6.18 Å². The number of aromatic nitrogens is 3. The molecule has 2 aromatic rings. The number of carbonyl (C=O) groups is 1. The van der Waals surface area contributed by atoms with Crippen LogP contribution in [0.15, 0.2) is 18.3 Å². The molecule has 3 atom stereocenters. The van der Waals surface area contributed by atoms with Crippen molar-refractivity contribution in [2.75, 3.05) is 6.54 Å². The molecular weight excluding hydrogens is 433 g/mol. The van der Waals surface area contributed by atoms with Gasteiger partial charge in [0.2, 0.25) is 11.8 Å². The number of hydrogen-bond donors (Lipinski definition) is 2. The Balaban J connectivity index is 1.26. The van der Waals surface area contributed by atoms with Crippen LogP contribution < -0.4 is 11.1 Å². The van der Waals surface area contributed by atoms with Gasteiger partial charge in [-0.2, -0.15) is 18.3 Å². The van der Waals surface area contributed by atoms with E-state index in [0.29, 0.717) is 29.9 Å². The Morgan fingerprint density at radius 1 is 1.25 bits per heavy atom. The zero-order valence-corrected chi connectivity index (χ0v) is 17.2. The Kier molecular flexibility index (Phi) is 4.78. The number of hydrogen-bond acceptors (Lipinski definition) is 4. The molecule has 0 aromatic carbocycles. The van der Waals surface area contributed by atoms with Crippen molar-refractivity contribution in [1.29, 1.82) is 0 Å². The zero-order chi connectivity index (χ0) is 22.9. The van der Waals surface area contributed by atoms with Gasteiger partial charge in [0.25, 0.3) is 0 Å². The second kappa shape index (κ2) is 7.10. The molecule has 3 fully saturated rings. The molecule has 11 heteroatoms. The van der Waals surface area contributed by atoms with Crippen molar-refractivity contribution in [2.24, 2.45) is 28.9 Å². The van der Waals surface area contributed by atoms with Crippen molar-refractivity contribution >= 4 is 11.6 Å². The lowest BCUT2D eigenvalue weighted by Gasteiger charge is -2.58. The molecule has 2 saturated carbocycles. The average molecular weight is 457 g/mol. The number of rotatable bonds is 4. The maximum atomic E-state index is 13.2. The predicted molar refractivity (Wildman–Crippen MR) is 104 cm³/mol. The van der Waals surface area contributed by atoms with Gasteiger partial charge in [-0.25, -0.2) is 18.3 Å². The van der Waals surface area contributed by atoms with E-state index in [9.17, 15) is 26.7 Å². The lowest BCUT2D eigenvalue weighted by molar-refractivity contribution is -0.209. The fraction of sp³-hybridized carbons (Fsp3) is 0.667. The highest BCUT2D eigenvalue weighted by atomic mass is 19.4. The zero-order valence-electron chi connectivity index (χ0n) is 17.2. The Labute approximate surface area is 180 Å². The molecule has 0 unspecified atom stereocenters. The van der Waals surface area contributed by atoms with Crippen LogP contribution in [0.1, 0.15) is 49.5 Å². The molecule has 1 spiro atoms. The number of fused-ring (bicyclic) bond motifs is 1. The summed E-state index contributed by atoms with van der Waals surface area (Å²) in [5.41, 5.74) is 7.69. The SMILES string of the molecule is N[C@H](c1cn2nc(C[C@@H]3C[C@@H](C(F)(F)F)CNC3=O)ccc2n1)C1CC2(C1)CC(F)(F)C2. The van der Waals surface area contributed by atoms with Gasteiger partial charge in [-0.1, -0.05) is 0 Å². The number of piperidine rings is 1. The van der Waals surface area contributed by atoms with Crippen molar-refractivity contribution in [1.82, 2.24) is 19.9 Å². The van der Waals surface area contributed by atoms with Crippen molar-refractivity contribution in [3.63, 3.8) is 0 Å². The molecule has 5 rings (SSSR count). The van der Waals surface area contributed by atoms with E-state index in [1.165, 1.54) is 4.52 Å². The van der Waals surface area contributed by atoms with E-state index < -0.39 is 42.4 Å². The summed E-state index contributed by atoms with van der Waals surface area (Å²) in [4.78, 5) is 16.6. The fourth-order valence-electron chi connectivity index (χ4n) is 5.67. The number of nitrogens with one attached hydrogen (secondary N) is 1. The lowest BCUT2D eigenvalue weighted by Crippen LogP contribution is -2.55. The van der Waals surface area contributed by atoms with Gasteiger partial charge in [0.1, 0.15) is 0 Å². The summed E-state index contributed by atoms with van der Waals surface area (Å²) < 4.78 is 67.1. The van der Waals surface area contributed by atoms with E-state index in [-0.39, 0.29) is 37.0 Å². The minimum Gasteiger partial charge on any atom is -0.355 e. The third kappa shape index (κ3) is 3.84. The molecule has 174 valence electrons. The monoisotopic (exact) mass is 457 g/mol. The molecule has 1 saturated heterocycles. The number of imidazole rings is 1. The van der Waals surface area contributed by atoms with E-state index in [1.807, 2.05) is 0 Å². The van der Waals surface area contributed by atoms with Crippen molar-refractivity contribution in [2.45, 2.75) is 56.7 Å². The van der Waals surface area contributed by atoms with Gasteiger partial charge in [0.05, 0.1) is 29.5 Å². The van der Waals surface area contributed by atoms with Crippen LogP contribution in [0.25, 0.3) is 5.65 Å². The van der Waals surface area contributed by atoms with Crippen LogP contribution in [0.2, 0.25) is 0 Å². The summed E-state index contributed by atoms with van der Waals surface area (Å²) in [5, 5.41) is 6.75. The number of halogens is 5. The molecular formula is C21H24F5N5O. The third-order valence-corrected chi connectivity index (χ3v) is 7.28. The first-order chi connectivity index (χ1) is 14.9. The minimum absolute atomic E-state index is 0.0662.